The fourth-order valence-electron chi connectivity index (χ4n) is 2.05. The number of carboxylic acid groups (broad SMARTS) is 1. The third kappa shape index (κ3) is 2.19. The van der Waals surface area contributed by atoms with Crippen LogP contribution >= 0.6 is 11.3 Å². The summed E-state index contributed by atoms with van der Waals surface area (Å²) in [4.78, 5) is 12.6. The van der Waals surface area contributed by atoms with E-state index in [1.807, 2.05) is 0 Å². The van der Waals surface area contributed by atoms with Gasteiger partial charge < -0.3 is 10.0 Å². The zero-order valence-corrected chi connectivity index (χ0v) is 9.89. The van der Waals surface area contributed by atoms with E-state index >= 15 is 0 Å². The molecule has 1 aliphatic heterocycles. The zero-order valence-electron chi connectivity index (χ0n) is 9.07. The summed E-state index contributed by atoms with van der Waals surface area (Å²) in [5.41, 5.74) is 0. The molecule has 88 valence electrons. The van der Waals surface area contributed by atoms with Crippen molar-refractivity contribution in [3.05, 3.63) is 16.8 Å². The van der Waals surface area contributed by atoms with Crippen molar-refractivity contribution in [2.45, 2.75) is 19.8 Å². The lowest BCUT2D eigenvalue weighted by Gasteiger charge is -2.31. The van der Waals surface area contributed by atoms with E-state index in [0.717, 1.165) is 35.8 Å². The van der Waals surface area contributed by atoms with Crippen LogP contribution in [0.5, 0.6) is 0 Å². The van der Waals surface area contributed by atoms with Crippen LogP contribution in [0.4, 0.5) is 9.39 Å². The van der Waals surface area contributed by atoms with Gasteiger partial charge >= 0.3 is 5.97 Å². The van der Waals surface area contributed by atoms with Crippen molar-refractivity contribution in [2.24, 2.45) is 5.92 Å². The number of thiophene rings is 1. The van der Waals surface area contributed by atoms with Gasteiger partial charge in [0.05, 0.1) is 5.00 Å². The van der Waals surface area contributed by atoms with Gasteiger partial charge in [0.2, 0.25) is 0 Å². The predicted molar refractivity (Wildman–Crippen MR) is 61.8 cm³/mol. The largest absolute Gasteiger partial charge is 0.477 e. The van der Waals surface area contributed by atoms with Gasteiger partial charge in [0.15, 0.2) is 5.82 Å². The van der Waals surface area contributed by atoms with E-state index in [2.05, 4.69) is 11.8 Å². The van der Waals surface area contributed by atoms with Gasteiger partial charge in [0.1, 0.15) is 4.88 Å². The highest BCUT2D eigenvalue weighted by Gasteiger charge is 2.22. The summed E-state index contributed by atoms with van der Waals surface area (Å²) in [6, 6.07) is 1.34. The molecule has 2 rings (SSSR count). The molecule has 0 amide bonds. The van der Waals surface area contributed by atoms with E-state index in [-0.39, 0.29) is 4.88 Å². The first-order chi connectivity index (χ1) is 7.58. The quantitative estimate of drug-likeness (QED) is 0.868. The van der Waals surface area contributed by atoms with Crippen LogP contribution < -0.4 is 4.90 Å². The van der Waals surface area contributed by atoms with Gasteiger partial charge in [-0.25, -0.2) is 9.18 Å². The van der Waals surface area contributed by atoms with Crippen molar-refractivity contribution >= 4 is 22.3 Å². The average molecular weight is 243 g/mol. The number of rotatable bonds is 2. The first kappa shape index (κ1) is 11.4. The van der Waals surface area contributed by atoms with Crippen molar-refractivity contribution in [1.82, 2.24) is 0 Å². The monoisotopic (exact) mass is 243 g/mol. The number of nitrogens with zero attached hydrogens (tertiary/aromatic N) is 1. The maximum absolute atomic E-state index is 13.3. The molecule has 0 bridgehead atoms. The molecule has 0 spiro atoms. The lowest BCUT2D eigenvalue weighted by molar-refractivity contribution is 0.0697. The summed E-state index contributed by atoms with van der Waals surface area (Å²) < 4.78 is 13.3. The lowest BCUT2D eigenvalue weighted by Crippen LogP contribution is -2.33. The molecule has 1 N–H and O–H groups in total. The van der Waals surface area contributed by atoms with Crippen LogP contribution in [0.15, 0.2) is 6.07 Å². The summed E-state index contributed by atoms with van der Waals surface area (Å²) in [5, 5.41) is 9.52. The van der Waals surface area contributed by atoms with Gasteiger partial charge in [0.25, 0.3) is 0 Å². The van der Waals surface area contributed by atoms with Gasteiger partial charge in [-0.05, 0) is 18.8 Å². The molecule has 1 aliphatic rings. The van der Waals surface area contributed by atoms with Gasteiger partial charge in [0, 0.05) is 19.2 Å². The number of hydrogen-bond donors (Lipinski definition) is 1. The summed E-state index contributed by atoms with van der Waals surface area (Å²) in [7, 11) is 0. The molecule has 1 saturated heterocycles. The van der Waals surface area contributed by atoms with Crippen LogP contribution in [0.25, 0.3) is 0 Å². The van der Waals surface area contributed by atoms with Crippen LogP contribution in [0.1, 0.15) is 29.4 Å². The van der Waals surface area contributed by atoms with Crippen molar-refractivity contribution in [1.29, 1.82) is 0 Å². The highest BCUT2D eigenvalue weighted by Crippen LogP contribution is 2.32. The summed E-state index contributed by atoms with van der Waals surface area (Å²) in [6.45, 7) is 3.94. The van der Waals surface area contributed by atoms with Crippen LogP contribution in [0.2, 0.25) is 0 Å². The Morgan fingerprint density at radius 2 is 2.44 bits per heavy atom. The molecule has 0 radical (unpaired) electrons. The first-order valence-corrected chi connectivity index (χ1v) is 6.17. The Balaban J connectivity index is 2.20. The number of hydrogen-bond acceptors (Lipinski definition) is 3. The Bertz CT molecular complexity index is 405. The van der Waals surface area contributed by atoms with E-state index in [0.29, 0.717) is 5.92 Å². The van der Waals surface area contributed by atoms with Crippen molar-refractivity contribution in [2.75, 3.05) is 18.0 Å². The Labute approximate surface area is 97.5 Å². The Hall–Kier alpha value is -1.10. The van der Waals surface area contributed by atoms with E-state index in [1.54, 1.807) is 0 Å². The highest BCUT2D eigenvalue weighted by molar-refractivity contribution is 7.17. The topological polar surface area (TPSA) is 40.5 Å². The fourth-order valence-corrected chi connectivity index (χ4v) is 2.96. The van der Waals surface area contributed by atoms with Crippen LogP contribution in [-0.4, -0.2) is 24.2 Å². The molecule has 3 nitrogen and oxygen atoms in total. The summed E-state index contributed by atoms with van der Waals surface area (Å²) in [5.74, 6) is -1.21. The Morgan fingerprint density at radius 3 is 3.00 bits per heavy atom. The Morgan fingerprint density at radius 1 is 1.69 bits per heavy atom. The normalized spacial score (nSPS) is 21.1. The third-order valence-electron chi connectivity index (χ3n) is 2.84. The maximum Gasteiger partial charge on any atom is 0.348 e. The molecule has 0 aromatic carbocycles. The predicted octanol–water partition coefficient (Wildman–Crippen LogP) is 2.82. The molecule has 1 atom stereocenters. The number of aromatic carboxylic acids is 1. The standard InChI is InChI=1S/C11H14FNO2S/c1-7-3-2-4-13(6-7)9-5-8(12)10(16-9)11(14)15/h5,7H,2-4,6H2,1H3,(H,14,15). The Kier molecular flexibility index (Phi) is 3.14. The molecule has 1 unspecified atom stereocenters. The maximum atomic E-state index is 13.3. The van der Waals surface area contributed by atoms with Gasteiger partial charge in [-0.3, -0.25) is 0 Å². The number of halogens is 1. The van der Waals surface area contributed by atoms with Crippen LogP contribution in [-0.2, 0) is 0 Å². The molecule has 5 heteroatoms. The number of carboxylic acids is 1. The SMILES string of the molecule is CC1CCCN(c2cc(F)c(C(=O)O)s2)C1. The second-order valence-electron chi connectivity index (χ2n) is 4.26. The van der Waals surface area contributed by atoms with Crippen LogP contribution in [0.3, 0.4) is 0 Å². The minimum Gasteiger partial charge on any atom is -0.477 e. The number of anilines is 1. The molecule has 0 aliphatic carbocycles. The van der Waals surface area contributed by atoms with Crippen molar-refractivity contribution in [3.63, 3.8) is 0 Å². The molecular weight excluding hydrogens is 229 g/mol. The van der Waals surface area contributed by atoms with Crippen LogP contribution in [0, 0.1) is 11.7 Å². The van der Waals surface area contributed by atoms with E-state index < -0.39 is 11.8 Å². The fraction of sp³-hybridized carbons (Fsp3) is 0.545. The molecule has 2 heterocycles. The average Bonchev–Trinajstić information content (AvgIpc) is 2.60. The third-order valence-corrected chi connectivity index (χ3v) is 4.00. The second-order valence-corrected chi connectivity index (χ2v) is 5.29. The number of carbonyl (C=O) groups is 1. The minimum absolute atomic E-state index is 0.187. The first-order valence-electron chi connectivity index (χ1n) is 5.35. The van der Waals surface area contributed by atoms with E-state index in [4.69, 9.17) is 5.11 Å². The smallest absolute Gasteiger partial charge is 0.348 e. The van der Waals surface area contributed by atoms with E-state index in [1.165, 1.54) is 12.5 Å². The van der Waals surface area contributed by atoms with Crippen molar-refractivity contribution in [3.8, 4) is 0 Å². The molecule has 1 aromatic rings. The molecule has 1 aromatic heterocycles. The minimum atomic E-state index is -1.18. The summed E-state index contributed by atoms with van der Waals surface area (Å²) in [6.07, 6.45) is 2.28. The zero-order chi connectivity index (χ0) is 11.7. The highest BCUT2D eigenvalue weighted by atomic mass is 32.1. The van der Waals surface area contributed by atoms with Crippen molar-refractivity contribution < 1.29 is 14.3 Å². The summed E-state index contributed by atoms with van der Waals surface area (Å²) >= 11 is 1.03. The van der Waals surface area contributed by atoms with E-state index in [9.17, 15) is 9.18 Å². The second kappa shape index (κ2) is 4.41. The molecular formula is C11H14FNO2S. The lowest BCUT2D eigenvalue weighted by atomic mass is 10.0. The van der Waals surface area contributed by atoms with Gasteiger partial charge in [-0.1, -0.05) is 6.92 Å². The molecule has 16 heavy (non-hydrogen) atoms. The number of piperidine rings is 1. The molecule has 1 fully saturated rings. The molecule has 0 saturated carbocycles. The van der Waals surface area contributed by atoms with Gasteiger partial charge in [-0.2, -0.15) is 0 Å². The van der Waals surface area contributed by atoms with Gasteiger partial charge in [-0.15, -0.1) is 11.3 Å².